The van der Waals surface area contributed by atoms with Crippen LogP contribution in [-0.4, -0.2) is 72.1 Å². The summed E-state index contributed by atoms with van der Waals surface area (Å²) in [4.78, 5) is 78.8. The number of hydrogen-bond acceptors (Lipinski definition) is 7. The molecule has 0 saturated heterocycles. The summed E-state index contributed by atoms with van der Waals surface area (Å²) in [5.41, 5.74) is 7.14. The first-order chi connectivity index (χ1) is 23.3. The Balaban J connectivity index is 1.63. The molecule has 0 aliphatic rings. The number of fused-ring (bicyclic) bond motifs is 1. The fourth-order valence-electron chi connectivity index (χ4n) is 5.24. The lowest BCUT2D eigenvalue weighted by atomic mass is 9.93. The smallest absolute Gasteiger partial charge is 0.408 e. The number of alkyl carbamates (subject to hydrolysis) is 1. The molecule has 262 valence electrons. The third kappa shape index (κ3) is 11.7. The number of nitrogens with one attached hydrogen (secondary N) is 3. The lowest BCUT2D eigenvalue weighted by Crippen LogP contribution is -2.57. The van der Waals surface area contributed by atoms with E-state index in [1.807, 2.05) is 81.4 Å². The van der Waals surface area contributed by atoms with Crippen LogP contribution in [0.15, 0.2) is 72.8 Å². The number of nitrogens with zero attached hydrogens (tertiary/aromatic N) is 1. The minimum Gasteiger partial charge on any atom is -0.445 e. The van der Waals surface area contributed by atoms with Crippen LogP contribution in [-0.2, 0) is 41.7 Å². The summed E-state index contributed by atoms with van der Waals surface area (Å²) >= 11 is 0. The van der Waals surface area contributed by atoms with E-state index in [1.165, 1.54) is 7.05 Å². The molecule has 5 N–H and O–H groups in total. The van der Waals surface area contributed by atoms with Crippen molar-refractivity contribution in [3.63, 3.8) is 0 Å². The third-order valence-corrected chi connectivity index (χ3v) is 8.19. The number of nitrogens with two attached hydrogens (primary N) is 1. The van der Waals surface area contributed by atoms with Crippen LogP contribution in [0.2, 0.25) is 0 Å². The molecule has 49 heavy (non-hydrogen) atoms. The zero-order valence-electron chi connectivity index (χ0n) is 28.7. The van der Waals surface area contributed by atoms with Crippen LogP contribution in [0.5, 0.6) is 0 Å². The first kappa shape index (κ1) is 38.2. The van der Waals surface area contributed by atoms with Crippen molar-refractivity contribution in [3.05, 3.63) is 83.9 Å². The molecule has 1 unspecified atom stereocenters. The van der Waals surface area contributed by atoms with E-state index in [4.69, 9.17) is 10.5 Å². The lowest BCUT2D eigenvalue weighted by molar-refractivity contribution is -0.147. The number of ketones is 1. The van der Waals surface area contributed by atoms with Crippen molar-refractivity contribution in [2.75, 3.05) is 13.6 Å². The molecule has 0 fully saturated rings. The van der Waals surface area contributed by atoms with E-state index < -0.39 is 66.1 Å². The Kier molecular flexibility index (Phi) is 14.3. The van der Waals surface area contributed by atoms with Gasteiger partial charge in [0.05, 0.1) is 12.6 Å². The quantitative estimate of drug-likeness (QED) is 0.159. The van der Waals surface area contributed by atoms with Gasteiger partial charge in [0.25, 0.3) is 5.91 Å². The van der Waals surface area contributed by atoms with E-state index in [2.05, 4.69) is 16.0 Å². The highest BCUT2D eigenvalue weighted by Crippen LogP contribution is 2.17. The van der Waals surface area contributed by atoms with Gasteiger partial charge in [-0.15, -0.1) is 0 Å². The highest BCUT2D eigenvalue weighted by Gasteiger charge is 2.35. The molecule has 3 rings (SSSR count). The first-order valence-corrected chi connectivity index (χ1v) is 16.4. The summed E-state index contributed by atoms with van der Waals surface area (Å²) in [5, 5.41) is 9.80. The standard InChI is InChI=1S/C37H47N5O7/c1-6-24(4)32(41-35(46)30(18-23(2)3)40-37(48)49-22-25-12-8-7-9-13-25)33(44)36(47)42(5)21-31(43)39-29(34(38)45)20-26-16-17-27-14-10-11-15-28(27)19-26/h7-17,19,23-24,29-30,32H,6,18,20-22H2,1-5H3,(H2,38,45)(H,39,43)(H,40,48)(H,41,46)/t24-,29-,30-,32?/m0/s1. The Hall–Kier alpha value is -5.26. The van der Waals surface area contributed by atoms with Crippen LogP contribution in [0, 0.1) is 11.8 Å². The van der Waals surface area contributed by atoms with Crippen LogP contribution in [0.4, 0.5) is 4.79 Å². The zero-order chi connectivity index (χ0) is 36.1. The molecule has 0 aliphatic heterocycles. The van der Waals surface area contributed by atoms with Crippen molar-refractivity contribution in [2.45, 2.75) is 71.7 Å². The van der Waals surface area contributed by atoms with Crippen molar-refractivity contribution >= 4 is 46.3 Å². The maximum Gasteiger partial charge on any atom is 0.408 e. The highest BCUT2D eigenvalue weighted by atomic mass is 16.5. The molecule has 0 aromatic heterocycles. The van der Waals surface area contributed by atoms with Gasteiger partial charge in [-0.2, -0.15) is 0 Å². The number of rotatable bonds is 17. The molecule has 0 aliphatic carbocycles. The second-order valence-electron chi connectivity index (χ2n) is 12.7. The Morgan fingerprint density at radius 2 is 1.45 bits per heavy atom. The van der Waals surface area contributed by atoms with Crippen molar-refractivity contribution in [3.8, 4) is 0 Å². The molecule has 3 aromatic carbocycles. The summed E-state index contributed by atoms with van der Waals surface area (Å²) in [6.07, 6.45) is 0.0375. The molecule has 0 radical (unpaired) electrons. The maximum atomic E-state index is 13.5. The number of likely N-dealkylation sites (N-methyl/N-ethyl adjacent to an activating group) is 1. The topological polar surface area (TPSA) is 177 Å². The van der Waals surface area contributed by atoms with Gasteiger partial charge in [0.15, 0.2) is 0 Å². The minimum absolute atomic E-state index is 0.000309. The number of amides is 5. The second kappa shape index (κ2) is 18.3. The fourth-order valence-corrected chi connectivity index (χ4v) is 5.24. The zero-order valence-corrected chi connectivity index (χ0v) is 28.7. The molecule has 12 nitrogen and oxygen atoms in total. The number of hydrogen-bond donors (Lipinski definition) is 4. The van der Waals surface area contributed by atoms with Crippen molar-refractivity contribution in [2.24, 2.45) is 17.6 Å². The van der Waals surface area contributed by atoms with Crippen LogP contribution in [0.25, 0.3) is 10.8 Å². The van der Waals surface area contributed by atoms with Crippen molar-refractivity contribution in [1.29, 1.82) is 0 Å². The molecule has 12 heteroatoms. The van der Waals surface area contributed by atoms with Crippen LogP contribution in [0.1, 0.15) is 51.7 Å². The Morgan fingerprint density at radius 1 is 0.796 bits per heavy atom. The van der Waals surface area contributed by atoms with Gasteiger partial charge in [0.2, 0.25) is 23.5 Å². The van der Waals surface area contributed by atoms with Gasteiger partial charge in [-0.25, -0.2) is 4.79 Å². The van der Waals surface area contributed by atoms with E-state index in [1.54, 1.807) is 19.1 Å². The number of carbonyl (C=O) groups excluding carboxylic acids is 6. The van der Waals surface area contributed by atoms with Gasteiger partial charge < -0.3 is 31.3 Å². The molecule has 0 bridgehead atoms. The molecule has 3 aromatic rings. The van der Waals surface area contributed by atoms with E-state index in [0.29, 0.717) is 6.42 Å². The van der Waals surface area contributed by atoms with E-state index in [-0.39, 0.29) is 25.4 Å². The van der Waals surface area contributed by atoms with Crippen molar-refractivity contribution < 1.29 is 33.5 Å². The van der Waals surface area contributed by atoms with Crippen molar-refractivity contribution in [1.82, 2.24) is 20.9 Å². The fraction of sp³-hybridized carbons (Fsp3) is 0.405. The third-order valence-electron chi connectivity index (χ3n) is 8.19. The second-order valence-corrected chi connectivity index (χ2v) is 12.7. The van der Waals surface area contributed by atoms with Crippen LogP contribution >= 0.6 is 0 Å². The van der Waals surface area contributed by atoms with E-state index in [0.717, 1.165) is 26.8 Å². The number of Topliss-reactive ketones (excluding diaryl/α,β-unsaturated/α-hetero) is 1. The predicted molar refractivity (Wildman–Crippen MR) is 186 cm³/mol. The average Bonchev–Trinajstić information content (AvgIpc) is 3.08. The van der Waals surface area contributed by atoms with E-state index >= 15 is 0 Å². The van der Waals surface area contributed by atoms with Gasteiger partial charge in [-0.3, -0.25) is 24.0 Å². The predicted octanol–water partition coefficient (Wildman–Crippen LogP) is 3.25. The summed E-state index contributed by atoms with van der Waals surface area (Å²) in [7, 11) is 1.28. The molecule has 0 saturated carbocycles. The number of benzene rings is 3. The van der Waals surface area contributed by atoms with Gasteiger partial charge in [0, 0.05) is 13.5 Å². The normalized spacial score (nSPS) is 13.4. The highest BCUT2D eigenvalue weighted by molar-refractivity contribution is 6.38. The minimum atomic E-state index is -1.22. The van der Waals surface area contributed by atoms with Crippen LogP contribution < -0.4 is 21.7 Å². The summed E-state index contributed by atoms with van der Waals surface area (Å²) in [6, 6.07) is 19.1. The van der Waals surface area contributed by atoms with Gasteiger partial charge in [-0.05, 0) is 40.2 Å². The number of ether oxygens (including phenoxy) is 1. The molecule has 5 amide bonds. The average molecular weight is 674 g/mol. The van der Waals surface area contributed by atoms with E-state index in [9.17, 15) is 28.8 Å². The van der Waals surface area contributed by atoms with Crippen LogP contribution in [0.3, 0.4) is 0 Å². The van der Waals surface area contributed by atoms with Gasteiger partial charge >= 0.3 is 6.09 Å². The summed E-state index contributed by atoms with van der Waals surface area (Å²) < 4.78 is 5.29. The molecular weight excluding hydrogens is 626 g/mol. The maximum absolute atomic E-state index is 13.5. The Morgan fingerprint density at radius 3 is 2.08 bits per heavy atom. The molecule has 0 spiro atoms. The summed E-state index contributed by atoms with van der Waals surface area (Å²) in [6.45, 7) is 6.76. The monoisotopic (exact) mass is 673 g/mol. The summed E-state index contributed by atoms with van der Waals surface area (Å²) in [5.74, 6) is -4.45. The van der Waals surface area contributed by atoms with Gasteiger partial charge in [0.1, 0.15) is 18.7 Å². The Bertz CT molecular complexity index is 1630. The Labute approximate surface area is 287 Å². The van der Waals surface area contributed by atoms with Gasteiger partial charge in [-0.1, -0.05) is 107 Å². The SMILES string of the molecule is CC[C@H](C)C(NC(=O)[C@H](CC(C)C)NC(=O)OCc1ccccc1)C(=O)C(=O)N(C)CC(=O)N[C@@H](Cc1ccc2ccccc2c1)C(N)=O. The lowest BCUT2D eigenvalue weighted by Gasteiger charge is -2.28. The largest absolute Gasteiger partial charge is 0.445 e. The molecule has 4 atom stereocenters. The molecular formula is C37H47N5O7. The first-order valence-electron chi connectivity index (χ1n) is 16.4. The number of primary amides is 1. The number of carbonyl (C=O) groups is 6. The molecule has 0 heterocycles.